The highest BCUT2D eigenvalue weighted by Gasteiger charge is 2.75. The summed E-state index contributed by atoms with van der Waals surface area (Å²) in [4.78, 5) is 50.0. The van der Waals surface area contributed by atoms with Crippen LogP contribution < -0.4 is 16.8 Å². The Kier molecular flexibility index (Phi) is 15.2. The predicted octanol–water partition coefficient (Wildman–Crippen LogP) is 4.25. The lowest BCUT2D eigenvalue weighted by Gasteiger charge is -2.65. The third kappa shape index (κ3) is 9.23. The van der Waals surface area contributed by atoms with E-state index in [4.69, 9.17) is 16.2 Å². The van der Waals surface area contributed by atoms with Crippen molar-refractivity contribution in [1.82, 2.24) is 10.3 Å². The Morgan fingerprint density at radius 1 is 0.973 bits per heavy atom. The van der Waals surface area contributed by atoms with Gasteiger partial charge in [-0.05, 0) is 168 Å². The van der Waals surface area contributed by atoms with E-state index in [1.54, 1.807) is 13.1 Å². The number of hydrogen-bond acceptors (Lipinski definition) is 13. The van der Waals surface area contributed by atoms with Gasteiger partial charge in [0.25, 0.3) is 0 Å². The number of aliphatic hydroxyl groups excluding tert-OH is 4. The second-order valence-electron chi connectivity index (χ2n) is 25.6. The van der Waals surface area contributed by atoms with Gasteiger partial charge in [0.15, 0.2) is 18.0 Å². The van der Waals surface area contributed by atoms with Gasteiger partial charge in [-0.15, -0.1) is 5.92 Å². The molecule has 16 nitrogen and oxygen atoms in total. The standard InChI is InChI=1S/C59H85N5O11/c1-31-12-13-33-14-15-38-40(39(33)22-31)23-34(42-30-75-54(72)48(42)36-17-20-62-29-36)8-7-9-35-26-59(74)49-43(16-18-57(59,19-21-63-55(60)61)52(35)56(3,73)47(68)24-41(38)53(70)71)58(37-10-5-4-6-11-37)27-46(67)45(66)25-44(58)51(69)50(49)64-28-32(2)65/h14,17,20,29,31,34-35,37-48,52-53,62,64,66-68,70-71,73-74H,4-6,9-13,15-16,18-19,21-28,30H2,1-3H3,(H4,60,61,63). The smallest absolute Gasteiger partial charge is 0.313 e. The second-order valence-corrected chi connectivity index (χ2v) is 25.6. The Hall–Kier alpha value is -4.08. The first-order valence-electron chi connectivity index (χ1n) is 28.6. The monoisotopic (exact) mass is 1040 g/mol. The van der Waals surface area contributed by atoms with Crippen molar-refractivity contribution in [3.8, 4) is 11.8 Å². The van der Waals surface area contributed by atoms with Crippen LogP contribution in [-0.4, -0.2) is 120 Å². The highest BCUT2D eigenvalue weighted by atomic mass is 16.5. The molecule has 1 aromatic rings. The number of nitrogens with zero attached hydrogens (tertiary/aromatic N) is 1. The van der Waals surface area contributed by atoms with Crippen LogP contribution in [0.3, 0.4) is 0 Å². The Morgan fingerprint density at radius 2 is 1.75 bits per heavy atom. The summed E-state index contributed by atoms with van der Waals surface area (Å²) < 4.78 is 5.90. The minimum Gasteiger partial charge on any atom is -0.465 e. The Bertz CT molecular complexity index is 2470. The Labute approximate surface area is 442 Å². The average Bonchev–Trinajstić information content (AvgIpc) is 4.21. The molecule has 1 saturated heterocycles. The molecular weight excluding hydrogens is 955 g/mol. The van der Waals surface area contributed by atoms with Crippen LogP contribution in [0, 0.1) is 93.7 Å². The van der Waals surface area contributed by atoms with Gasteiger partial charge in [-0.3, -0.25) is 19.4 Å². The summed E-state index contributed by atoms with van der Waals surface area (Å²) in [7, 11) is 0. The zero-order valence-electron chi connectivity index (χ0n) is 44.3. The number of Topliss-reactive ketones (excluding diaryl/α,β-unsaturated/α-hetero) is 2. The molecule has 0 radical (unpaired) electrons. The summed E-state index contributed by atoms with van der Waals surface area (Å²) in [6.07, 6.45) is 9.85. The molecule has 8 aliphatic carbocycles. The van der Waals surface area contributed by atoms with Crippen molar-refractivity contribution in [2.24, 2.45) is 98.3 Å². The molecule has 6 fully saturated rings. The highest BCUT2D eigenvalue weighted by Crippen LogP contribution is 2.74. The van der Waals surface area contributed by atoms with Gasteiger partial charge < -0.3 is 62.3 Å². The maximum absolute atomic E-state index is 15.7. The number of guanidine groups is 1. The van der Waals surface area contributed by atoms with Crippen LogP contribution in [0.15, 0.2) is 46.4 Å². The van der Waals surface area contributed by atoms with Gasteiger partial charge in [0.05, 0.1) is 54.3 Å². The number of aromatic amines is 1. The number of ether oxygens (including phenoxy) is 1. The number of aromatic nitrogens is 1. The van der Waals surface area contributed by atoms with Gasteiger partial charge in [-0.1, -0.05) is 43.8 Å². The van der Waals surface area contributed by atoms with Gasteiger partial charge in [-0.25, -0.2) is 0 Å². The number of cyclic esters (lactones) is 1. The van der Waals surface area contributed by atoms with Crippen LogP contribution in [0.1, 0.15) is 148 Å². The summed E-state index contributed by atoms with van der Waals surface area (Å²) in [6, 6.07) is 1.90. The molecular formula is C59H85N5O11. The van der Waals surface area contributed by atoms with E-state index in [9.17, 15) is 45.3 Å². The number of allylic oxidation sites excluding steroid dienone is 3. The molecule has 0 spiro atoms. The van der Waals surface area contributed by atoms with E-state index < -0.39 is 88.1 Å². The zero-order valence-corrected chi connectivity index (χ0v) is 44.3. The molecule has 1 aliphatic heterocycles. The van der Waals surface area contributed by atoms with Crippen LogP contribution in [0.25, 0.3) is 0 Å². The number of nitrogens with one attached hydrogen (secondary N) is 2. The number of carbonyl (C=O) groups excluding carboxylic acids is 3. The normalized spacial score (nSPS) is 44.1. The van der Waals surface area contributed by atoms with Crippen molar-refractivity contribution < 1.29 is 54.9 Å². The van der Waals surface area contributed by atoms with Crippen LogP contribution in [0.5, 0.6) is 0 Å². The molecule has 10 rings (SSSR count). The second kappa shape index (κ2) is 20.9. The first-order valence-corrected chi connectivity index (χ1v) is 28.6. The third-order valence-corrected chi connectivity index (χ3v) is 21.8. The fourth-order valence-electron chi connectivity index (χ4n) is 18.6. The molecule has 0 amide bonds. The fraction of sp³-hybridized carbons (Fsp3) is 0.763. The van der Waals surface area contributed by atoms with E-state index in [-0.39, 0.29) is 117 Å². The van der Waals surface area contributed by atoms with Crippen molar-refractivity contribution in [3.63, 3.8) is 0 Å². The lowest BCUT2D eigenvalue weighted by Crippen LogP contribution is -2.67. The summed E-state index contributed by atoms with van der Waals surface area (Å²) >= 11 is 0. The van der Waals surface area contributed by atoms with E-state index in [2.05, 4.69) is 40.1 Å². The highest BCUT2D eigenvalue weighted by molar-refractivity contribution is 6.00. The van der Waals surface area contributed by atoms with E-state index in [0.29, 0.717) is 37.2 Å². The number of H-pyrrole nitrogens is 1. The zero-order chi connectivity index (χ0) is 53.4. The molecule has 1 aromatic heterocycles. The van der Waals surface area contributed by atoms with E-state index in [1.807, 2.05) is 12.3 Å². The van der Waals surface area contributed by atoms with Crippen molar-refractivity contribution in [2.75, 3.05) is 19.7 Å². The first kappa shape index (κ1) is 54.3. The number of aliphatic imine (C=N–C) groups is 1. The number of esters is 1. The van der Waals surface area contributed by atoms with Crippen molar-refractivity contribution in [3.05, 3.63) is 46.9 Å². The van der Waals surface area contributed by atoms with Crippen LogP contribution in [-0.2, 0) is 19.1 Å². The fourth-order valence-corrected chi connectivity index (χ4v) is 18.6. The molecule has 16 heteroatoms. The molecule has 2 heterocycles. The van der Waals surface area contributed by atoms with Gasteiger partial charge in [-0.2, -0.15) is 0 Å². The third-order valence-electron chi connectivity index (χ3n) is 21.8. The number of hydrogen-bond donors (Lipinski definition) is 11. The molecule has 0 aromatic carbocycles. The number of aliphatic hydroxyl groups is 7. The molecule has 9 aliphatic rings. The largest absolute Gasteiger partial charge is 0.465 e. The molecule has 412 valence electrons. The number of rotatable bonds is 10. The number of carbonyl (C=O) groups is 3. The maximum atomic E-state index is 15.7. The van der Waals surface area contributed by atoms with Crippen LogP contribution in [0.2, 0.25) is 0 Å². The van der Waals surface area contributed by atoms with Crippen molar-refractivity contribution >= 4 is 23.5 Å². The topological polar surface area (TPSA) is 294 Å². The Morgan fingerprint density at radius 3 is 2.45 bits per heavy atom. The summed E-state index contributed by atoms with van der Waals surface area (Å²) in [5.74, 6) is 1.47. The van der Waals surface area contributed by atoms with Gasteiger partial charge in [0.1, 0.15) is 5.78 Å². The molecule has 13 N–H and O–H groups in total. The molecule has 19 atom stereocenters. The minimum absolute atomic E-state index is 0.00417. The Balaban J connectivity index is 1.17. The lowest BCUT2D eigenvalue weighted by atomic mass is 9.40. The predicted molar refractivity (Wildman–Crippen MR) is 279 cm³/mol. The maximum Gasteiger partial charge on any atom is 0.313 e. The molecule has 5 saturated carbocycles. The number of fused-ring (bicyclic) bond motifs is 10. The summed E-state index contributed by atoms with van der Waals surface area (Å²) in [5.41, 5.74) is 8.71. The molecule has 0 bridgehead atoms. The number of ketones is 2. The molecule has 19 unspecified atom stereocenters. The number of nitrogens with two attached hydrogens (primary N) is 2. The van der Waals surface area contributed by atoms with E-state index in [0.717, 1.165) is 56.9 Å². The summed E-state index contributed by atoms with van der Waals surface area (Å²) in [5, 5.41) is 90.9. The molecule has 75 heavy (non-hydrogen) atoms. The van der Waals surface area contributed by atoms with Crippen molar-refractivity contribution in [1.29, 1.82) is 0 Å². The SMILES string of the molecule is CC(=O)CNC1=C2C(CCC3(CCN=C(N)N)C4C(CC#CC(C5COC(=O)C5c5cc[nH]c5)CC5C6CC(C)CCC6=CCC5C(C(O)O)CC(O)C4(C)O)CC23O)C2(C3CCCCC3)CC(O)C(O)CC2C1=O. The average molecular weight is 1040 g/mol. The van der Waals surface area contributed by atoms with Crippen LogP contribution >= 0.6 is 0 Å². The summed E-state index contributed by atoms with van der Waals surface area (Å²) in [6.45, 7) is 5.28. The van der Waals surface area contributed by atoms with Gasteiger partial charge in [0.2, 0.25) is 0 Å². The van der Waals surface area contributed by atoms with E-state index >= 15 is 4.79 Å². The van der Waals surface area contributed by atoms with Gasteiger partial charge in [0, 0.05) is 60.4 Å². The minimum atomic E-state index is -2.02. The van der Waals surface area contributed by atoms with Crippen LogP contribution in [0.4, 0.5) is 0 Å². The van der Waals surface area contributed by atoms with Gasteiger partial charge >= 0.3 is 5.97 Å². The quantitative estimate of drug-likeness (QED) is 0.0390. The first-order chi connectivity index (χ1) is 35.7. The van der Waals surface area contributed by atoms with Crippen molar-refractivity contribution in [2.45, 2.75) is 178 Å². The lowest BCUT2D eigenvalue weighted by molar-refractivity contribution is -0.203. The van der Waals surface area contributed by atoms with E-state index in [1.165, 1.54) is 12.5 Å².